The van der Waals surface area contributed by atoms with Crippen LogP contribution in [0.3, 0.4) is 0 Å². The lowest BCUT2D eigenvalue weighted by Crippen LogP contribution is -2.22. The molecule has 2 N–H and O–H groups in total. The van der Waals surface area contributed by atoms with Gasteiger partial charge in [0.2, 0.25) is 23.3 Å². The number of aromatic amines is 2. The summed E-state index contributed by atoms with van der Waals surface area (Å²) in [4.78, 5) is 31.1. The Bertz CT molecular complexity index is 3860. The van der Waals surface area contributed by atoms with Crippen LogP contribution in [0.2, 0.25) is 0 Å². The number of carbonyl (C=O) groups excluding carboxylic acids is 1. The second-order valence-corrected chi connectivity index (χ2v) is 15.9. The van der Waals surface area contributed by atoms with E-state index >= 15 is 70.2 Å². The van der Waals surface area contributed by atoms with Gasteiger partial charge in [-0.3, -0.25) is 0 Å². The molecule has 75 heavy (non-hydrogen) atoms. The Labute approximate surface area is 400 Å². The second kappa shape index (κ2) is 17.5. The molecule has 10 rings (SSSR count). The molecule has 6 aromatic rings. The molecule has 0 fully saturated rings. The standard InChI is InChI=1S/C47H13F20N5O3/c1-74-47(73)45-22-43-16(20-27(52)35(60)41(66)36(61)28(20)53)12-6-4-10(69-12)14(18-23(48)31(56)39(64)32(57)24(18)49)8-2-3-9(68-8)15(19-25(50)33(58)40(65)34(59)26(19)51)11-5-7-13(70-11)17(44(71-43)46(22)75-72-45)21-29(54)37(62)42(67)38(63)30(21)55/h2-7,22,46,68,71H,1H3. The Morgan fingerprint density at radius 3 is 1.00 bits per heavy atom. The number of H-pyrrole nitrogens is 2. The first-order valence-corrected chi connectivity index (χ1v) is 20.3. The summed E-state index contributed by atoms with van der Waals surface area (Å²) in [6.45, 7) is 0. The van der Waals surface area contributed by atoms with Crippen molar-refractivity contribution in [2.45, 2.75) is 12.0 Å². The minimum atomic E-state index is -2.80. The number of carbonyl (C=O) groups is 1. The molecule has 384 valence electrons. The SMILES string of the molecule is COC(=O)C1=NOC2c3[nH]c(c(-c4c(F)c(F)c(F)c(F)c4F)c4nc(c(-c5c(F)c(F)c(F)c(F)c5F)c5ccc([nH]5)c(-c5c(F)c(F)c(F)c(F)c5F)c5nc(c3-c3c(F)c(F)c(F)c(F)c3F)C=C5)C=C4)C12. The van der Waals surface area contributed by atoms with E-state index < -0.39 is 230 Å². The van der Waals surface area contributed by atoms with Gasteiger partial charge in [0.15, 0.2) is 105 Å². The van der Waals surface area contributed by atoms with Crippen molar-refractivity contribution in [3.8, 4) is 44.5 Å². The highest BCUT2D eigenvalue weighted by Crippen LogP contribution is 2.53. The van der Waals surface area contributed by atoms with Crippen molar-refractivity contribution in [2.75, 3.05) is 7.11 Å². The smallest absolute Gasteiger partial charge is 0.356 e. The van der Waals surface area contributed by atoms with Crippen molar-refractivity contribution in [3.05, 3.63) is 163 Å². The molecule has 2 unspecified atom stereocenters. The van der Waals surface area contributed by atoms with Crippen molar-refractivity contribution >= 4 is 47.0 Å². The highest BCUT2D eigenvalue weighted by Gasteiger charge is 2.50. The van der Waals surface area contributed by atoms with E-state index in [1.807, 2.05) is 0 Å². The van der Waals surface area contributed by atoms with Gasteiger partial charge in [0.25, 0.3) is 0 Å². The molecule has 0 saturated carbocycles. The first-order chi connectivity index (χ1) is 35.4. The number of halogens is 20. The van der Waals surface area contributed by atoms with Crippen molar-refractivity contribution in [1.82, 2.24) is 19.9 Å². The van der Waals surface area contributed by atoms with Crippen LogP contribution in [-0.2, 0) is 14.4 Å². The van der Waals surface area contributed by atoms with Crippen LogP contribution >= 0.6 is 0 Å². The quantitative estimate of drug-likeness (QED) is 0.0773. The van der Waals surface area contributed by atoms with Crippen LogP contribution in [0.25, 0.3) is 79.8 Å². The van der Waals surface area contributed by atoms with Gasteiger partial charge in [-0.1, -0.05) is 5.16 Å². The summed E-state index contributed by atoms with van der Waals surface area (Å²) in [6.07, 6.45) is -0.310. The van der Waals surface area contributed by atoms with Gasteiger partial charge in [0.1, 0.15) is 0 Å². The van der Waals surface area contributed by atoms with Crippen LogP contribution < -0.4 is 0 Å². The van der Waals surface area contributed by atoms with E-state index in [0.29, 0.717) is 43.5 Å². The summed E-state index contributed by atoms with van der Waals surface area (Å²) in [7, 11) is 0.676. The summed E-state index contributed by atoms with van der Waals surface area (Å²) in [5, 5.41) is 3.50. The number of nitrogens with zero attached hydrogens (tertiary/aromatic N) is 3. The Morgan fingerprint density at radius 2 is 0.680 bits per heavy atom. The average Bonchev–Trinajstić information content (AvgIpc) is 4.29. The maximum Gasteiger partial charge on any atom is 0.356 e. The van der Waals surface area contributed by atoms with Gasteiger partial charge in [-0.05, 0) is 36.4 Å². The first kappa shape index (κ1) is 49.8. The topological polar surface area (TPSA) is 105 Å². The molecule has 0 spiro atoms. The minimum absolute atomic E-state index is 0.509. The van der Waals surface area contributed by atoms with Crippen LogP contribution in [0.4, 0.5) is 87.8 Å². The number of ether oxygens (including phenoxy) is 1. The first-order valence-electron chi connectivity index (χ1n) is 20.3. The molecule has 0 saturated heterocycles. The maximum atomic E-state index is 16.3. The number of esters is 1. The molecular weight excluding hydrogens is 1060 g/mol. The molecule has 6 heterocycles. The Hall–Kier alpha value is -8.72. The van der Waals surface area contributed by atoms with Crippen molar-refractivity contribution in [1.29, 1.82) is 0 Å². The monoisotopic (exact) mass is 1080 g/mol. The summed E-state index contributed by atoms with van der Waals surface area (Å²) >= 11 is 0. The number of rotatable bonds is 5. The molecular formula is C47H13F20N5O3. The maximum absolute atomic E-state index is 16.3. The fourth-order valence-electron chi connectivity index (χ4n) is 8.74. The number of aromatic nitrogens is 4. The number of hydrogen-bond acceptors (Lipinski definition) is 6. The van der Waals surface area contributed by atoms with Gasteiger partial charge in [-0.2, -0.15) is 0 Å². The van der Waals surface area contributed by atoms with E-state index in [1.54, 1.807) is 0 Å². The van der Waals surface area contributed by atoms with Gasteiger partial charge < -0.3 is 19.5 Å². The fourth-order valence-corrected chi connectivity index (χ4v) is 8.74. The lowest BCUT2D eigenvalue weighted by atomic mass is 9.87. The average molecular weight is 1080 g/mol. The zero-order valence-corrected chi connectivity index (χ0v) is 35.7. The highest BCUT2D eigenvalue weighted by atomic mass is 19.2. The number of hydrogen-bond donors (Lipinski definition) is 2. The van der Waals surface area contributed by atoms with E-state index in [9.17, 15) is 22.4 Å². The number of fused-ring (bicyclic) bond motifs is 11. The van der Waals surface area contributed by atoms with Crippen molar-refractivity contribution in [2.24, 2.45) is 5.16 Å². The summed E-state index contributed by atoms with van der Waals surface area (Å²) < 4.78 is 314. The van der Waals surface area contributed by atoms with Gasteiger partial charge in [0.05, 0.1) is 63.8 Å². The molecule has 0 radical (unpaired) electrons. The van der Waals surface area contributed by atoms with Crippen LogP contribution in [0.5, 0.6) is 0 Å². The van der Waals surface area contributed by atoms with Crippen molar-refractivity contribution < 1.29 is 102 Å². The molecule has 0 amide bonds. The van der Waals surface area contributed by atoms with E-state index in [2.05, 4.69) is 29.8 Å². The molecule has 4 aliphatic heterocycles. The normalized spacial score (nSPS) is 15.1. The van der Waals surface area contributed by atoms with Gasteiger partial charge in [0, 0.05) is 39.0 Å². The molecule has 4 aromatic carbocycles. The zero-order valence-electron chi connectivity index (χ0n) is 35.7. The Balaban J connectivity index is 1.54. The van der Waals surface area contributed by atoms with Gasteiger partial charge in [-0.15, -0.1) is 0 Å². The second-order valence-electron chi connectivity index (χ2n) is 15.9. The summed E-state index contributed by atoms with van der Waals surface area (Å²) in [5.74, 6) is -58.2. The number of benzene rings is 4. The van der Waals surface area contributed by atoms with Crippen LogP contribution in [0.1, 0.15) is 46.2 Å². The van der Waals surface area contributed by atoms with E-state index in [0.717, 1.165) is 0 Å². The highest BCUT2D eigenvalue weighted by molar-refractivity contribution is 6.39. The van der Waals surface area contributed by atoms with Crippen LogP contribution in [0, 0.1) is 116 Å². The summed E-state index contributed by atoms with van der Waals surface area (Å²) in [6, 6.07) is 1.17. The summed E-state index contributed by atoms with van der Waals surface area (Å²) in [5.41, 5.74) is -23.8. The Morgan fingerprint density at radius 1 is 0.400 bits per heavy atom. The number of methoxy groups -OCH3 is 1. The largest absolute Gasteiger partial charge is 0.464 e. The third-order valence-corrected chi connectivity index (χ3v) is 12.0. The fraction of sp³-hybridized carbons (Fsp3) is 0.0638. The van der Waals surface area contributed by atoms with Gasteiger partial charge in [-0.25, -0.2) is 103 Å². The molecule has 8 nitrogen and oxygen atoms in total. The Kier molecular flexibility index (Phi) is 11.6. The molecule has 8 bridgehead atoms. The number of oxime groups is 1. The van der Waals surface area contributed by atoms with E-state index in [4.69, 9.17) is 4.84 Å². The third kappa shape index (κ3) is 7.00. The van der Waals surface area contributed by atoms with E-state index in [1.165, 1.54) is 0 Å². The van der Waals surface area contributed by atoms with Gasteiger partial charge >= 0.3 is 5.97 Å². The predicted octanol–water partition coefficient (Wildman–Crippen LogP) is 13.2. The molecule has 2 atom stereocenters. The van der Waals surface area contributed by atoms with E-state index in [-0.39, 0.29) is 0 Å². The third-order valence-electron chi connectivity index (χ3n) is 12.0. The van der Waals surface area contributed by atoms with Crippen LogP contribution in [0.15, 0.2) is 17.3 Å². The minimum Gasteiger partial charge on any atom is -0.464 e. The molecule has 0 aliphatic carbocycles. The molecule has 2 aromatic heterocycles. The lowest BCUT2D eigenvalue weighted by Gasteiger charge is -2.16. The molecule has 28 heteroatoms. The zero-order chi connectivity index (χ0) is 54.3. The van der Waals surface area contributed by atoms with Crippen LogP contribution in [-0.4, -0.2) is 38.7 Å². The molecule has 4 aliphatic rings. The lowest BCUT2D eigenvalue weighted by molar-refractivity contribution is -0.132. The van der Waals surface area contributed by atoms with Crippen molar-refractivity contribution in [3.63, 3.8) is 0 Å². The number of nitrogens with one attached hydrogen (secondary N) is 2. The predicted molar refractivity (Wildman–Crippen MR) is 217 cm³/mol.